The highest BCUT2D eigenvalue weighted by Gasteiger charge is 2.22. The average Bonchev–Trinajstić information content (AvgIpc) is 3.98. The minimum atomic E-state index is -0.0385. The van der Waals surface area contributed by atoms with Gasteiger partial charge in [0.1, 0.15) is 11.2 Å². The maximum absolute atomic E-state index is 6.23. The molecule has 4 heteroatoms. The van der Waals surface area contributed by atoms with Crippen LogP contribution in [0.4, 0.5) is 0 Å². The van der Waals surface area contributed by atoms with Gasteiger partial charge in [-0.3, -0.25) is 0 Å². The first-order chi connectivity index (χ1) is 29.2. The first-order valence-corrected chi connectivity index (χ1v) is 21.0. The van der Waals surface area contributed by atoms with Gasteiger partial charge in [-0.15, -0.1) is 11.3 Å². The van der Waals surface area contributed by atoms with Gasteiger partial charge >= 0.3 is 0 Å². The van der Waals surface area contributed by atoms with Crippen molar-refractivity contribution in [2.75, 3.05) is 0 Å². The van der Waals surface area contributed by atoms with Crippen molar-refractivity contribution >= 4 is 108 Å². The Morgan fingerprint density at radius 2 is 1.10 bits per heavy atom. The number of para-hydroxylation sites is 1. The monoisotopic (exact) mass is 770 g/mol. The summed E-state index contributed by atoms with van der Waals surface area (Å²) in [6, 6.07) is 66.3. The maximum atomic E-state index is 6.23. The summed E-state index contributed by atoms with van der Waals surface area (Å²) in [6.45, 7) is 0. The molecule has 59 heavy (non-hydrogen) atoms. The van der Waals surface area contributed by atoms with Gasteiger partial charge in [0, 0.05) is 53.1 Å². The number of dihydropyridines is 1. The van der Waals surface area contributed by atoms with Crippen LogP contribution in [0.1, 0.15) is 22.7 Å². The van der Waals surface area contributed by atoms with Crippen molar-refractivity contribution in [2.24, 2.45) is 0 Å². The molecule has 276 valence electrons. The van der Waals surface area contributed by atoms with Crippen LogP contribution in [0.25, 0.3) is 102 Å². The lowest BCUT2D eigenvalue weighted by molar-refractivity contribution is 0.669. The van der Waals surface area contributed by atoms with Crippen LogP contribution in [0.2, 0.25) is 0 Å². The summed E-state index contributed by atoms with van der Waals surface area (Å²) in [6.07, 6.45) is 4.69. The van der Waals surface area contributed by atoms with E-state index in [9.17, 15) is 0 Å². The molecule has 3 nitrogen and oxygen atoms in total. The number of nitrogens with zero attached hydrogens (tertiary/aromatic N) is 1. The van der Waals surface area contributed by atoms with Crippen molar-refractivity contribution in [3.63, 3.8) is 0 Å². The Bertz CT molecular complexity index is 3670. The van der Waals surface area contributed by atoms with Crippen LogP contribution in [0.3, 0.4) is 0 Å². The highest BCUT2D eigenvalue weighted by molar-refractivity contribution is 7.25. The molecule has 0 saturated carbocycles. The lowest BCUT2D eigenvalue weighted by Gasteiger charge is -2.26. The summed E-state index contributed by atoms with van der Waals surface area (Å²) < 4.78 is 11.3. The van der Waals surface area contributed by atoms with Gasteiger partial charge in [-0.05, 0) is 117 Å². The van der Waals surface area contributed by atoms with Gasteiger partial charge in [-0.2, -0.15) is 0 Å². The van der Waals surface area contributed by atoms with Gasteiger partial charge in [-0.25, -0.2) is 0 Å². The largest absolute Gasteiger partial charge is 0.456 e. The third-order valence-corrected chi connectivity index (χ3v) is 13.6. The Balaban J connectivity index is 0.964. The second-order valence-corrected chi connectivity index (χ2v) is 16.8. The normalized spacial score (nSPS) is 14.6. The van der Waals surface area contributed by atoms with Crippen molar-refractivity contribution in [3.8, 4) is 5.69 Å². The number of furan rings is 1. The second-order valence-electron chi connectivity index (χ2n) is 15.7. The highest BCUT2D eigenvalue weighted by atomic mass is 32.1. The number of benzene rings is 9. The maximum Gasteiger partial charge on any atom is 0.135 e. The molecule has 4 heterocycles. The van der Waals surface area contributed by atoms with Crippen LogP contribution in [0, 0.1) is 0 Å². The smallest absolute Gasteiger partial charge is 0.135 e. The molecule has 0 saturated heterocycles. The summed E-state index contributed by atoms with van der Waals surface area (Å²) in [5.74, 6) is 0. The predicted octanol–water partition coefficient (Wildman–Crippen LogP) is 15.1. The number of rotatable bonds is 4. The Labute approximate surface area is 343 Å². The average molecular weight is 771 g/mol. The van der Waals surface area contributed by atoms with E-state index in [1.807, 2.05) is 23.5 Å². The number of nitrogens with one attached hydrogen (secondary N) is 1. The highest BCUT2D eigenvalue weighted by Crippen LogP contribution is 2.42. The molecule has 3 aromatic heterocycles. The zero-order valence-electron chi connectivity index (χ0n) is 31.8. The van der Waals surface area contributed by atoms with E-state index in [-0.39, 0.29) is 6.04 Å². The number of hydrogen-bond acceptors (Lipinski definition) is 3. The number of hydrogen-bond donors (Lipinski definition) is 1. The predicted molar refractivity (Wildman–Crippen MR) is 251 cm³/mol. The third kappa shape index (κ3) is 5.00. The van der Waals surface area contributed by atoms with Gasteiger partial charge in [0.05, 0.1) is 17.1 Å². The first kappa shape index (κ1) is 32.7. The minimum Gasteiger partial charge on any atom is -0.456 e. The van der Waals surface area contributed by atoms with Crippen LogP contribution in [-0.4, -0.2) is 4.57 Å². The van der Waals surface area contributed by atoms with Crippen molar-refractivity contribution in [1.29, 1.82) is 0 Å². The number of thiophene rings is 1. The quantitative estimate of drug-likeness (QED) is 0.193. The molecule has 0 bridgehead atoms. The summed E-state index contributed by atoms with van der Waals surface area (Å²) in [7, 11) is 0. The van der Waals surface area contributed by atoms with Gasteiger partial charge < -0.3 is 14.3 Å². The molecule has 0 fully saturated rings. The summed E-state index contributed by atoms with van der Waals surface area (Å²) in [5, 5.41) is 16.5. The first-order valence-electron chi connectivity index (χ1n) is 20.2. The van der Waals surface area contributed by atoms with E-state index in [0.717, 1.165) is 44.4 Å². The second kappa shape index (κ2) is 12.5. The number of aromatic nitrogens is 1. The van der Waals surface area contributed by atoms with Crippen molar-refractivity contribution in [1.82, 2.24) is 9.88 Å². The molecule has 1 unspecified atom stereocenters. The van der Waals surface area contributed by atoms with Gasteiger partial charge in [0.15, 0.2) is 0 Å². The zero-order chi connectivity index (χ0) is 38.6. The molecule has 1 atom stereocenters. The van der Waals surface area contributed by atoms with Crippen molar-refractivity contribution < 1.29 is 4.42 Å². The molecule has 0 amide bonds. The Hall–Kier alpha value is -7.40. The molecule has 1 N–H and O–H groups in total. The van der Waals surface area contributed by atoms with Crippen LogP contribution in [0.15, 0.2) is 199 Å². The minimum absolute atomic E-state index is 0.0385. The number of allylic oxidation sites excluding steroid dienone is 2. The van der Waals surface area contributed by atoms with Gasteiger partial charge in [0.25, 0.3) is 0 Å². The molecule has 12 aromatic rings. The SMILES string of the molecule is C1=C(c2ccc3oc4ccccc4c3c2)C=C(c2ccc(-n3c4ccc5ccccc5c4c4c5ccccc5ccc43)cc2)NC1c1ccc2sc3ccccc3c2c1. The van der Waals surface area contributed by atoms with E-state index in [1.165, 1.54) is 74.7 Å². The molecule has 9 aromatic carbocycles. The van der Waals surface area contributed by atoms with E-state index in [4.69, 9.17) is 4.42 Å². The summed E-state index contributed by atoms with van der Waals surface area (Å²) in [5.41, 5.74) is 11.2. The Morgan fingerprint density at radius 1 is 0.475 bits per heavy atom. The van der Waals surface area contributed by atoms with Crippen LogP contribution >= 0.6 is 11.3 Å². The zero-order valence-corrected chi connectivity index (χ0v) is 32.6. The lowest BCUT2D eigenvalue weighted by atomic mass is 9.92. The Morgan fingerprint density at radius 3 is 1.86 bits per heavy atom. The van der Waals surface area contributed by atoms with Crippen molar-refractivity contribution in [2.45, 2.75) is 6.04 Å². The van der Waals surface area contributed by atoms with E-state index < -0.39 is 0 Å². The molecule has 13 rings (SSSR count). The molecule has 0 aliphatic carbocycles. The molecule has 0 radical (unpaired) electrons. The third-order valence-electron chi connectivity index (χ3n) is 12.4. The van der Waals surface area contributed by atoms with Crippen LogP contribution in [-0.2, 0) is 0 Å². The lowest BCUT2D eigenvalue weighted by Crippen LogP contribution is -2.21. The fourth-order valence-electron chi connectivity index (χ4n) is 9.62. The van der Waals surface area contributed by atoms with E-state index >= 15 is 0 Å². The van der Waals surface area contributed by atoms with Gasteiger partial charge in [0.2, 0.25) is 0 Å². The fraction of sp³-hybridized carbons (Fsp3) is 0.0182. The molecule has 0 spiro atoms. The van der Waals surface area contributed by atoms with E-state index in [2.05, 4.69) is 192 Å². The van der Waals surface area contributed by atoms with Gasteiger partial charge in [-0.1, -0.05) is 121 Å². The fourth-order valence-corrected chi connectivity index (χ4v) is 10.7. The molecule has 1 aliphatic rings. The summed E-state index contributed by atoms with van der Waals surface area (Å²) >= 11 is 1.86. The molecule has 1 aliphatic heterocycles. The topological polar surface area (TPSA) is 30.1 Å². The van der Waals surface area contributed by atoms with E-state index in [0.29, 0.717) is 0 Å². The standard InChI is InChI=1S/C55H34N2OS/c1-3-11-40-33(9-1)19-25-48-54(40)55-41-12-4-2-10-34(41)20-26-49(55)57(48)39-23-17-35(18-24-39)46-31-38(36-21-27-51-44(29-36)42-13-5-7-15-50(42)58-51)32-47(56-46)37-22-28-53-45(30-37)43-14-6-8-16-52(43)59-53/h1-32,47,56H. The van der Waals surface area contributed by atoms with Crippen molar-refractivity contribution in [3.05, 3.63) is 211 Å². The summed E-state index contributed by atoms with van der Waals surface area (Å²) in [4.78, 5) is 0. The molecular formula is C55H34N2OS. The number of fused-ring (bicyclic) bond motifs is 13. The van der Waals surface area contributed by atoms with E-state index in [1.54, 1.807) is 0 Å². The van der Waals surface area contributed by atoms with Crippen LogP contribution in [0.5, 0.6) is 0 Å². The van der Waals surface area contributed by atoms with Crippen LogP contribution < -0.4 is 5.32 Å². The molecular weight excluding hydrogens is 737 g/mol. The Kier molecular flexibility index (Phi) is 6.95.